The third-order valence-corrected chi connectivity index (χ3v) is 7.37. The summed E-state index contributed by atoms with van der Waals surface area (Å²) in [6, 6.07) is 6.45. The number of anilines is 1. The zero-order valence-electron chi connectivity index (χ0n) is 17.7. The van der Waals surface area contributed by atoms with Crippen molar-refractivity contribution in [3.8, 4) is 0 Å². The van der Waals surface area contributed by atoms with Crippen molar-refractivity contribution in [3.05, 3.63) is 42.5 Å². The van der Waals surface area contributed by atoms with E-state index < -0.39 is 10.0 Å². The lowest BCUT2D eigenvalue weighted by Gasteiger charge is -2.25. The van der Waals surface area contributed by atoms with Crippen molar-refractivity contribution < 1.29 is 17.9 Å². The molecule has 0 aliphatic carbocycles. The first-order valence-electron chi connectivity index (χ1n) is 10.6. The molecule has 0 bridgehead atoms. The Bertz CT molecular complexity index is 1190. The topological polar surface area (TPSA) is 133 Å². The van der Waals surface area contributed by atoms with Crippen molar-refractivity contribution in [2.24, 2.45) is 0 Å². The number of nitrogens with zero attached hydrogens (tertiary/aromatic N) is 5. The number of aryl methyl sites for hydroxylation is 1. The highest BCUT2D eigenvalue weighted by molar-refractivity contribution is 7.89. The number of aromatic nitrogens is 4. The van der Waals surface area contributed by atoms with Crippen molar-refractivity contribution in [3.63, 3.8) is 0 Å². The molecule has 0 spiro atoms. The van der Waals surface area contributed by atoms with Gasteiger partial charge in [0.05, 0.1) is 24.3 Å². The summed E-state index contributed by atoms with van der Waals surface area (Å²) in [5, 5.41) is 0. The molecule has 0 atom stereocenters. The van der Waals surface area contributed by atoms with Gasteiger partial charge in [-0.3, -0.25) is 4.79 Å². The number of nitrogen functional groups attached to an aromatic ring is 1. The van der Waals surface area contributed by atoms with E-state index in [0.717, 1.165) is 19.3 Å². The second kappa shape index (κ2) is 9.61. The van der Waals surface area contributed by atoms with Crippen LogP contribution in [0.4, 0.5) is 5.82 Å². The number of nitrogens with two attached hydrogens (primary N) is 1. The van der Waals surface area contributed by atoms with Gasteiger partial charge in [0, 0.05) is 19.6 Å². The predicted octanol–water partition coefficient (Wildman–Crippen LogP) is 1.76. The molecule has 1 aromatic carbocycles. The van der Waals surface area contributed by atoms with Crippen molar-refractivity contribution in [2.75, 3.05) is 25.4 Å². The van der Waals surface area contributed by atoms with Gasteiger partial charge in [0.2, 0.25) is 10.0 Å². The van der Waals surface area contributed by atoms with Gasteiger partial charge in [-0.05, 0) is 37.0 Å². The van der Waals surface area contributed by atoms with Gasteiger partial charge in [0.25, 0.3) is 0 Å². The number of piperidine rings is 1. The van der Waals surface area contributed by atoms with Crippen LogP contribution in [0.2, 0.25) is 0 Å². The maximum absolute atomic E-state index is 12.7. The van der Waals surface area contributed by atoms with Gasteiger partial charge in [-0.15, -0.1) is 0 Å². The monoisotopic (exact) mass is 458 g/mol. The first-order chi connectivity index (χ1) is 15.4. The Morgan fingerprint density at radius 1 is 1.06 bits per heavy atom. The lowest BCUT2D eigenvalue weighted by molar-refractivity contribution is -0.142. The van der Waals surface area contributed by atoms with E-state index >= 15 is 0 Å². The molecular weight excluding hydrogens is 432 g/mol. The summed E-state index contributed by atoms with van der Waals surface area (Å²) in [7, 11) is -3.47. The number of imidazole rings is 1. The number of ether oxygens (including phenoxy) is 1. The summed E-state index contributed by atoms with van der Waals surface area (Å²) in [6.07, 6.45) is 6.55. The Balaban J connectivity index is 1.25. The molecule has 1 aliphatic heterocycles. The predicted molar refractivity (Wildman–Crippen MR) is 118 cm³/mol. The number of fused-ring (bicyclic) bond motifs is 1. The lowest BCUT2D eigenvalue weighted by atomic mass is 10.1. The fourth-order valence-electron chi connectivity index (χ4n) is 3.73. The molecule has 0 amide bonds. The number of benzene rings is 1. The molecular formula is C21H26N6O4S. The molecule has 0 unspecified atom stereocenters. The van der Waals surface area contributed by atoms with E-state index in [1.165, 1.54) is 10.6 Å². The van der Waals surface area contributed by atoms with Gasteiger partial charge in [0.15, 0.2) is 11.5 Å². The Hall–Kier alpha value is -3.05. The average Bonchev–Trinajstić information content (AvgIpc) is 3.22. The quantitative estimate of drug-likeness (QED) is 0.399. The van der Waals surface area contributed by atoms with Gasteiger partial charge >= 0.3 is 5.97 Å². The molecule has 0 saturated carbocycles. The van der Waals surface area contributed by atoms with Crippen LogP contribution in [-0.4, -0.2) is 57.9 Å². The molecule has 1 fully saturated rings. The van der Waals surface area contributed by atoms with E-state index in [-0.39, 0.29) is 23.9 Å². The molecule has 3 aromatic rings. The maximum Gasteiger partial charge on any atom is 0.310 e. The van der Waals surface area contributed by atoms with Gasteiger partial charge in [-0.25, -0.2) is 23.4 Å². The average molecular weight is 459 g/mol. The molecule has 1 saturated heterocycles. The molecule has 170 valence electrons. The molecule has 1 aliphatic rings. The van der Waals surface area contributed by atoms with Gasteiger partial charge in [-0.1, -0.05) is 18.6 Å². The van der Waals surface area contributed by atoms with E-state index in [0.29, 0.717) is 48.6 Å². The van der Waals surface area contributed by atoms with Crippen LogP contribution in [0.1, 0.15) is 31.2 Å². The summed E-state index contributed by atoms with van der Waals surface area (Å²) in [4.78, 5) is 24.7. The van der Waals surface area contributed by atoms with Crippen LogP contribution in [-0.2, 0) is 32.5 Å². The fraction of sp³-hybridized carbons (Fsp3) is 0.429. The standard InChI is InChI=1S/C21H26N6O4S/c22-20-19-21(24-14-23-20)26(15-25-19)9-4-12-31-18(28)13-16-5-7-17(8-6-16)32(29,30)27-10-2-1-3-11-27/h5-8,14-15H,1-4,9-13H2,(H2,22,23,24). The third-order valence-electron chi connectivity index (χ3n) is 5.46. The number of sulfonamides is 1. The number of rotatable bonds is 8. The largest absolute Gasteiger partial charge is 0.465 e. The zero-order valence-corrected chi connectivity index (χ0v) is 18.5. The minimum absolute atomic E-state index is 0.0851. The van der Waals surface area contributed by atoms with Crippen molar-refractivity contribution in [2.45, 2.75) is 43.5 Å². The van der Waals surface area contributed by atoms with E-state index in [1.807, 2.05) is 4.57 Å². The van der Waals surface area contributed by atoms with Gasteiger partial charge < -0.3 is 15.0 Å². The van der Waals surface area contributed by atoms with E-state index in [1.54, 1.807) is 30.6 Å². The summed E-state index contributed by atoms with van der Waals surface area (Å²) in [5.74, 6) is -0.0337. The summed E-state index contributed by atoms with van der Waals surface area (Å²) in [5.41, 5.74) is 7.68. The second-order valence-electron chi connectivity index (χ2n) is 7.73. The molecule has 4 rings (SSSR count). The fourth-order valence-corrected chi connectivity index (χ4v) is 5.25. The molecule has 11 heteroatoms. The van der Waals surface area contributed by atoms with Gasteiger partial charge in [0.1, 0.15) is 11.8 Å². The van der Waals surface area contributed by atoms with Crippen molar-refractivity contribution in [1.29, 1.82) is 0 Å². The maximum atomic E-state index is 12.7. The minimum atomic E-state index is -3.47. The van der Waals surface area contributed by atoms with Crippen LogP contribution < -0.4 is 5.73 Å². The van der Waals surface area contributed by atoms with Crippen LogP contribution >= 0.6 is 0 Å². The van der Waals surface area contributed by atoms with E-state index in [4.69, 9.17) is 10.5 Å². The first kappa shape index (κ1) is 22.2. The minimum Gasteiger partial charge on any atom is -0.465 e. The summed E-state index contributed by atoms with van der Waals surface area (Å²) in [6.45, 7) is 1.95. The van der Waals surface area contributed by atoms with Crippen LogP contribution in [0.3, 0.4) is 0 Å². The summed E-state index contributed by atoms with van der Waals surface area (Å²) >= 11 is 0. The molecule has 32 heavy (non-hydrogen) atoms. The number of carbonyl (C=O) groups excluding carboxylic acids is 1. The molecule has 0 radical (unpaired) electrons. The number of hydrogen-bond acceptors (Lipinski definition) is 8. The lowest BCUT2D eigenvalue weighted by Crippen LogP contribution is -2.35. The highest BCUT2D eigenvalue weighted by Gasteiger charge is 2.25. The van der Waals surface area contributed by atoms with Crippen molar-refractivity contribution >= 4 is 33.0 Å². The van der Waals surface area contributed by atoms with Crippen molar-refractivity contribution in [1.82, 2.24) is 23.8 Å². The second-order valence-corrected chi connectivity index (χ2v) is 9.67. The highest BCUT2D eigenvalue weighted by Crippen LogP contribution is 2.21. The smallest absolute Gasteiger partial charge is 0.310 e. The van der Waals surface area contributed by atoms with Crippen LogP contribution in [0.25, 0.3) is 11.2 Å². The van der Waals surface area contributed by atoms with E-state index in [9.17, 15) is 13.2 Å². The number of esters is 1. The number of hydrogen-bond donors (Lipinski definition) is 1. The first-order valence-corrected chi connectivity index (χ1v) is 12.1. The van der Waals surface area contributed by atoms with E-state index in [2.05, 4.69) is 15.0 Å². The Morgan fingerprint density at radius 2 is 1.81 bits per heavy atom. The zero-order chi connectivity index (χ0) is 22.6. The highest BCUT2D eigenvalue weighted by atomic mass is 32.2. The number of carbonyl (C=O) groups is 1. The Morgan fingerprint density at radius 3 is 2.56 bits per heavy atom. The van der Waals surface area contributed by atoms with Crippen LogP contribution in [0.5, 0.6) is 0 Å². The SMILES string of the molecule is Nc1ncnc2c1ncn2CCCOC(=O)Cc1ccc(S(=O)(=O)N2CCCCC2)cc1. The molecule has 2 N–H and O–H groups in total. The molecule has 10 nitrogen and oxygen atoms in total. The normalized spacial score (nSPS) is 15.1. The Labute approximate surface area is 186 Å². The van der Waals surface area contributed by atoms with Crippen LogP contribution in [0, 0.1) is 0 Å². The van der Waals surface area contributed by atoms with Gasteiger partial charge in [-0.2, -0.15) is 4.31 Å². The third kappa shape index (κ3) is 4.89. The van der Waals surface area contributed by atoms with Crippen LogP contribution in [0.15, 0.2) is 41.8 Å². The Kier molecular flexibility index (Phi) is 6.66. The molecule has 2 aromatic heterocycles. The molecule has 3 heterocycles. The summed E-state index contributed by atoms with van der Waals surface area (Å²) < 4.78 is 34.1.